The fraction of sp³-hybridized carbons (Fsp3) is 0.211. The molecule has 0 heterocycles. The van der Waals surface area contributed by atoms with Crippen molar-refractivity contribution in [2.24, 2.45) is 5.16 Å². The quantitative estimate of drug-likeness (QED) is 0.222. The molecule has 2 aromatic carbocycles. The van der Waals surface area contributed by atoms with E-state index in [4.69, 9.17) is 56.0 Å². The van der Waals surface area contributed by atoms with E-state index in [1.165, 1.54) is 24.4 Å². The standard InChI is InChI=1S/C19H14Cl4F3NO2/c20-16-9-14(28-7-6-18(22)23)10-17(21)15(16)11-27-29-8-5-12-1-3-13(4-2-12)19(24,25)26/h1-4,6,9-11H,5,7-8H2. The van der Waals surface area contributed by atoms with Gasteiger partial charge >= 0.3 is 6.18 Å². The van der Waals surface area contributed by atoms with E-state index in [9.17, 15) is 13.2 Å². The first-order valence-electron chi connectivity index (χ1n) is 8.11. The van der Waals surface area contributed by atoms with Crippen molar-refractivity contribution in [3.8, 4) is 5.75 Å². The van der Waals surface area contributed by atoms with Gasteiger partial charge in [0.1, 0.15) is 23.5 Å². The molecule has 0 spiro atoms. The van der Waals surface area contributed by atoms with Crippen LogP contribution in [0.25, 0.3) is 0 Å². The average Bonchev–Trinajstić information content (AvgIpc) is 2.62. The van der Waals surface area contributed by atoms with Gasteiger partial charge in [0.05, 0.1) is 21.8 Å². The van der Waals surface area contributed by atoms with Crippen molar-refractivity contribution in [1.82, 2.24) is 0 Å². The van der Waals surface area contributed by atoms with E-state index < -0.39 is 11.7 Å². The molecule has 0 atom stereocenters. The highest BCUT2D eigenvalue weighted by atomic mass is 35.5. The van der Waals surface area contributed by atoms with E-state index in [0.717, 1.165) is 12.1 Å². The number of oxime groups is 1. The Morgan fingerprint density at radius 1 is 1.03 bits per heavy atom. The fourth-order valence-electron chi connectivity index (χ4n) is 2.14. The van der Waals surface area contributed by atoms with Gasteiger partial charge in [-0.05, 0) is 35.9 Å². The first-order valence-corrected chi connectivity index (χ1v) is 9.62. The lowest BCUT2D eigenvalue weighted by atomic mass is 10.1. The van der Waals surface area contributed by atoms with Crippen molar-refractivity contribution in [3.63, 3.8) is 0 Å². The number of nitrogens with zero attached hydrogens (tertiary/aromatic N) is 1. The molecular weight excluding hydrogens is 473 g/mol. The van der Waals surface area contributed by atoms with Crippen LogP contribution in [0, 0.1) is 0 Å². The molecule has 156 valence electrons. The molecule has 0 bridgehead atoms. The van der Waals surface area contributed by atoms with Gasteiger partial charge < -0.3 is 9.57 Å². The molecule has 0 fully saturated rings. The minimum atomic E-state index is -4.35. The number of rotatable bonds is 8. The van der Waals surface area contributed by atoms with Gasteiger partial charge in [0.25, 0.3) is 0 Å². The minimum Gasteiger partial charge on any atom is -0.489 e. The average molecular weight is 487 g/mol. The first kappa shape index (κ1) is 23.7. The van der Waals surface area contributed by atoms with E-state index in [0.29, 0.717) is 33.3 Å². The van der Waals surface area contributed by atoms with Gasteiger partial charge in [-0.1, -0.05) is 63.7 Å². The van der Waals surface area contributed by atoms with Crippen LogP contribution in [0.5, 0.6) is 5.75 Å². The highest BCUT2D eigenvalue weighted by Gasteiger charge is 2.29. The number of hydrogen-bond donors (Lipinski definition) is 0. The molecule has 0 unspecified atom stereocenters. The zero-order valence-corrected chi connectivity index (χ0v) is 17.7. The maximum Gasteiger partial charge on any atom is 0.416 e. The van der Waals surface area contributed by atoms with Crippen LogP contribution in [0.2, 0.25) is 10.0 Å². The molecule has 0 aliphatic carbocycles. The Morgan fingerprint density at radius 3 is 2.21 bits per heavy atom. The molecule has 0 aliphatic heterocycles. The third-order valence-corrected chi connectivity index (χ3v) is 4.49. The Bertz CT molecular complexity index is 857. The van der Waals surface area contributed by atoms with Crippen LogP contribution < -0.4 is 4.74 Å². The molecule has 0 aliphatic rings. The molecule has 29 heavy (non-hydrogen) atoms. The Morgan fingerprint density at radius 2 is 1.66 bits per heavy atom. The van der Waals surface area contributed by atoms with Gasteiger partial charge in [-0.15, -0.1) is 0 Å². The molecule has 2 aromatic rings. The van der Waals surface area contributed by atoms with Crippen LogP contribution in [-0.4, -0.2) is 19.4 Å². The zero-order chi connectivity index (χ0) is 21.4. The summed E-state index contributed by atoms with van der Waals surface area (Å²) in [6, 6.07) is 7.95. The molecule has 0 aromatic heterocycles. The van der Waals surface area contributed by atoms with Crippen LogP contribution >= 0.6 is 46.4 Å². The maximum atomic E-state index is 12.5. The predicted molar refractivity (Wildman–Crippen MR) is 110 cm³/mol. The van der Waals surface area contributed by atoms with Gasteiger partial charge in [-0.25, -0.2) is 0 Å². The van der Waals surface area contributed by atoms with Crippen molar-refractivity contribution >= 4 is 52.6 Å². The second-order valence-electron chi connectivity index (χ2n) is 5.62. The molecule has 0 amide bonds. The number of halogens is 7. The third kappa shape index (κ3) is 7.97. The number of alkyl halides is 3. The molecule has 0 radical (unpaired) electrons. The number of ether oxygens (including phenoxy) is 1. The van der Waals surface area contributed by atoms with Crippen molar-refractivity contribution in [2.45, 2.75) is 12.6 Å². The van der Waals surface area contributed by atoms with Gasteiger partial charge in [-0.2, -0.15) is 13.2 Å². The highest BCUT2D eigenvalue weighted by Crippen LogP contribution is 2.30. The molecule has 10 heteroatoms. The van der Waals surface area contributed by atoms with Crippen molar-refractivity contribution < 1.29 is 22.7 Å². The Hall–Kier alpha value is -1.60. The molecule has 3 nitrogen and oxygen atoms in total. The van der Waals surface area contributed by atoms with Gasteiger partial charge in [-0.3, -0.25) is 0 Å². The van der Waals surface area contributed by atoms with Crippen LogP contribution in [0.15, 0.2) is 52.1 Å². The smallest absolute Gasteiger partial charge is 0.416 e. The topological polar surface area (TPSA) is 30.8 Å². The monoisotopic (exact) mass is 485 g/mol. The predicted octanol–water partition coefficient (Wildman–Crippen LogP) is 7.30. The van der Waals surface area contributed by atoms with E-state index >= 15 is 0 Å². The molecule has 2 rings (SSSR count). The van der Waals surface area contributed by atoms with Crippen molar-refractivity contribution in [3.05, 3.63) is 73.7 Å². The first-order chi connectivity index (χ1) is 13.7. The number of hydrogen-bond acceptors (Lipinski definition) is 3. The molecule has 0 N–H and O–H groups in total. The summed E-state index contributed by atoms with van der Waals surface area (Å²) in [5, 5.41) is 4.38. The van der Waals surface area contributed by atoms with Crippen LogP contribution in [0.3, 0.4) is 0 Å². The maximum absolute atomic E-state index is 12.5. The SMILES string of the molecule is FC(F)(F)c1ccc(CCON=Cc2c(Cl)cc(OCC=C(Cl)Cl)cc2Cl)cc1. The van der Waals surface area contributed by atoms with Crippen molar-refractivity contribution in [2.75, 3.05) is 13.2 Å². The zero-order valence-electron chi connectivity index (χ0n) is 14.6. The lowest BCUT2D eigenvalue weighted by Crippen LogP contribution is -2.04. The van der Waals surface area contributed by atoms with Gasteiger partial charge in [0.15, 0.2) is 0 Å². The summed E-state index contributed by atoms with van der Waals surface area (Å²) >= 11 is 23.3. The lowest BCUT2D eigenvalue weighted by Gasteiger charge is -2.08. The normalized spacial score (nSPS) is 11.6. The Kier molecular flexibility index (Phi) is 8.96. The lowest BCUT2D eigenvalue weighted by molar-refractivity contribution is -0.137. The molecule has 0 saturated carbocycles. The summed E-state index contributed by atoms with van der Waals surface area (Å²) in [6.07, 6.45) is -1.16. The van der Waals surface area contributed by atoms with Gasteiger partial charge in [0.2, 0.25) is 0 Å². The van der Waals surface area contributed by atoms with Gasteiger partial charge in [0, 0.05) is 12.0 Å². The minimum absolute atomic E-state index is 0.0828. The Labute approximate surface area is 185 Å². The van der Waals surface area contributed by atoms with E-state index in [2.05, 4.69) is 5.16 Å². The number of benzene rings is 2. The third-order valence-electron chi connectivity index (χ3n) is 3.56. The van der Waals surface area contributed by atoms with E-state index in [-0.39, 0.29) is 17.7 Å². The largest absolute Gasteiger partial charge is 0.489 e. The van der Waals surface area contributed by atoms with E-state index in [1.54, 1.807) is 12.1 Å². The molecule has 0 saturated heterocycles. The summed E-state index contributed by atoms with van der Waals surface area (Å²) in [4.78, 5) is 5.13. The summed E-state index contributed by atoms with van der Waals surface area (Å²) in [5.74, 6) is 0.422. The van der Waals surface area contributed by atoms with Crippen LogP contribution in [0.4, 0.5) is 13.2 Å². The molecular formula is C19H14Cl4F3NO2. The highest BCUT2D eigenvalue weighted by molar-refractivity contribution is 6.55. The second kappa shape index (κ2) is 11.0. The summed E-state index contributed by atoms with van der Waals surface area (Å²) in [6.45, 7) is 0.319. The summed E-state index contributed by atoms with van der Waals surface area (Å²) in [7, 11) is 0. The van der Waals surface area contributed by atoms with Crippen LogP contribution in [-0.2, 0) is 17.4 Å². The summed E-state index contributed by atoms with van der Waals surface area (Å²) < 4.78 is 43.1. The van der Waals surface area contributed by atoms with Crippen molar-refractivity contribution in [1.29, 1.82) is 0 Å². The fourth-order valence-corrected chi connectivity index (χ4v) is 2.83. The Balaban J connectivity index is 1.87. The van der Waals surface area contributed by atoms with Crippen LogP contribution in [0.1, 0.15) is 16.7 Å². The summed E-state index contributed by atoms with van der Waals surface area (Å²) in [5.41, 5.74) is 0.427. The van der Waals surface area contributed by atoms with E-state index in [1.807, 2.05) is 0 Å². The second-order valence-corrected chi connectivity index (χ2v) is 7.44.